The number of aliphatic hydroxyl groups is 2. The number of rotatable bonds is 14. The number of ether oxygens (including phenoxy) is 3. The van der Waals surface area contributed by atoms with Crippen LogP contribution in [0.15, 0.2) is 183 Å². The summed E-state index contributed by atoms with van der Waals surface area (Å²) in [6, 6.07) is 55.2. The molecular formula is C51H48N6O5. The van der Waals surface area contributed by atoms with Gasteiger partial charge in [-0.25, -0.2) is 15.0 Å². The number of fused-ring (bicyclic) bond motifs is 1. The minimum atomic E-state index is -1.29. The molecule has 2 aromatic heterocycles. The van der Waals surface area contributed by atoms with Crippen LogP contribution in [0.2, 0.25) is 0 Å². The molecule has 0 aliphatic carbocycles. The summed E-state index contributed by atoms with van der Waals surface area (Å²) in [6.07, 6.45) is -1.22. The first-order valence-electron chi connectivity index (χ1n) is 20.6. The zero-order valence-corrected chi connectivity index (χ0v) is 34.6. The second-order valence-corrected chi connectivity index (χ2v) is 15.4. The molecule has 11 heteroatoms. The molecule has 312 valence electrons. The quantitative estimate of drug-likeness (QED) is 0.0818. The lowest BCUT2D eigenvalue weighted by molar-refractivity contribution is -0.0962. The lowest BCUT2D eigenvalue weighted by Gasteiger charge is -2.43. The zero-order chi connectivity index (χ0) is 42.7. The maximum absolute atomic E-state index is 13.1. The molecule has 5 atom stereocenters. The number of hydrogen-bond acceptors (Lipinski definition) is 10. The summed E-state index contributed by atoms with van der Waals surface area (Å²) in [7, 11) is 5.05. The van der Waals surface area contributed by atoms with Gasteiger partial charge in [-0.2, -0.15) is 0 Å². The molecule has 4 N–H and O–H groups in total. The molecular weight excluding hydrogens is 777 g/mol. The summed E-state index contributed by atoms with van der Waals surface area (Å²) < 4.78 is 19.8. The minimum Gasteiger partial charge on any atom is -0.497 e. The second kappa shape index (κ2) is 17.2. The van der Waals surface area contributed by atoms with Gasteiger partial charge in [-0.05, 0) is 64.7 Å². The van der Waals surface area contributed by atoms with Crippen molar-refractivity contribution in [1.29, 1.82) is 0 Å². The number of aromatic nitrogens is 4. The third kappa shape index (κ3) is 6.85. The third-order valence-corrected chi connectivity index (χ3v) is 12.3. The molecule has 1 aliphatic heterocycles. The summed E-state index contributed by atoms with van der Waals surface area (Å²) in [5.74, 6) is 1.91. The summed E-state index contributed by atoms with van der Waals surface area (Å²) in [6.45, 7) is 0. The fourth-order valence-corrected chi connectivity index (χ4v) is 9.27. The highest BCUT2D eigenvalue weighted by molar-refractivity contribution is 5.84. The highest BCUT2D eigenvalue weighted by Gasteiger charge is 2.55. The molecule has 0 bridgehead atoms. The van der Waals surface area contributed by atoms with E-state index in [9.17, 15) is 10.2 Å². The largest absolute Gasteiger partial charge is 0.497 e. The van der Waals surface area contributed by atoms with Crippen LogP contribution in [0.4, 0.5) is 5.82 Å². The van der Waals surface area contributed by atoms with Gasteiger partial charge in [0, 0.05) is 0 Å². The molecule has 1 aliphatic rings. The van der Waals surface area contributed by atoms with Gasteiger partial charge in [0.25, 0.3) is 0 Å². The highest BCUT2D eigenvalue weighted by atomic mass is 16.5. The predicted octanol–water partition coefficient (Wildman–Crippen LogP) is 7.49. The van der Waals surface area contributed by atoms with Crippen LogP contribution < -0.4 is 20.1 Å². The van der Waals surface area contributed by atoms with Crippen molar-refractivity contribution in [2.45, 2.75) is 41.5 Å². The van der Waals surface area contributed by atoms with E-state index in [1.807, 2.05) is 133 Å². The maximum atomic E-state index is 13.1. The van der Waals surface area contributed by atoms with Crippen LogP contribution in [0, 0.1) is 0 Å². The Hall–Kier alpha value is -6.89. The lowest BCUT2D eigenvalue weighted by Crippen LogP contribution is -2.53. The molecule has 1 saturated heterocycles. The summed E-state index contributed by atoms with van der Waals surface area (Å²) in [5, 5.41) is 32.5. The number of methoxy groups -OCH3 is 2. The Balaban J connectivity index is 1.15. The van der Waals surface area contributed by atoms with Gasteiger partial charge in [-0.3, -0.25) is 4.57 Å². The SMILES string of the molecule is CNC1[C@H](n2cnc3c(NC(c4ccccc4)(c4ccccc4)c4ccc(OC)cc4)ncnc32)O[C@H](C(O)C(c2ccccc2)(c2ccccc2)c2ccc(OC)cc2)[C@H]1O. The summed E-state index contributed by atoms with van der Waals surface area (Å²) >= 11 is 0. The summed E-state index contributed by atoms with van der Waals surface area (Å²) in [4.78, 5) is 14.5. The first-order valence-corrected chi connectivity index (χ1v) is 20.6. The lowest BCUT2D eigenvalue weighted by atomic mass is 9.64. The van der Waals surface area contributed by atoms with Crippen molar-refractivity contribution in [3.8, 4) is 11.5 Å². The Morgan fingerprint density at radius 2 is 1.06 bits per heavy atom. The fourth-order valence-electron chi connectivity index (χ4n) is 9.27. The summed E-state index contributed by atoms with van der Waals surface area (Å²) in [5.41, 5.74) is 4.25. The fraction of sp³-hybridized carbons (Fsp3) is 0.196. The average Bonchev–Trinajstić information content (AvgIpc) is 3.93. The van der Waals surface area contributed by atoms with Gasteiger partial charge in [0.1, 0.15) is 41.7 Å². The van der Waals surface area contributed by atoms with Gasteiger partial charge in [0.05, 0.1) is 32.0 Å². The molecule has 2 unspecified atom stereocenters. The van der Waals surface area contributed by atoms with Crippen LogP contribution in [0.5, 0.6) is 11.5 Å². The van der Waals surface area contributed by atoms with Crippen LogP contribution in [-0.2, 0) is 15.7 Å². The Bertz CT molecular complexity index is 2620. The Morgan fingerprint density at radius 3 is 1.55 bits per heavy atom. The van der Waals surface area contributed by atoms with Crippen molar-refractivity contribution in [2.75, 3.05) is 26.6 Å². The van der Waals surface area contributed by atoms with Crippen molar-refractivity contribution in [3.63, 3.8) is 0 Å². The average molecular weight is 825 g/mol. The smallest absolute Gasteiger partial charge is 0.167 e. The minimum absolute atomic E-state index is 0.479. The van der Waals surface area contributed by atoms with E-state index >= 15 is 0 Å². The number of aliphatic hydroxyl groups excluding tert-OH is 2. The second-order valence-electron chi connectivity index (χ2n) is 15.4. The first kappa shape index (κ1) is 40.5. The number of nitrogens with zero attached hydrogens (tertiary/aromatic N) is 4. The first-order chi connectivity index (χ1) is 30.4. The molecule has 6 aromatic carbocycles. The molecule has 9 rings (SSSR count). The normalized spacial score (nSPS) is 18.3. The van der Waals surface area contributed by atoms with Crippen LogP contribution in [0.3, 0.4) is 0 Å². The van der Waals surface area contributed by atoms with Crippen molar-refractivity contribution >= 4 is 17.0 Å². The van der Waals surface area contributed by atoms with Crippen molar-refractivity contribution in [3.05, 3.63) is 216 Å². The molecule has 8 aromatic rings. The Kier molecular flexibility index (Phi) is 11.3. The van der Waals surface area contributed by atoms with E-state index in [2.05, 4.69) is 47.0 Å². The molecule has 3 heterocycles. The van der Waals surface area contributed by atoms with E-state index in [4.69, 9.17) is 29.2 Å². The van der Waals surface area contributed by atoms with Crippen molar-refractivity contribution < 1.29 is 24.4 Å². The number of imidazole rings is 1. The van der Waals surface area contributed by atoms with E-state index in [-0.39, 0.29) is 0 Å². The van der Waals surface area contributed by atoms with Gasteiger partial charge < -0.3 is 35.1 Å². The van der Waals surface area contributed by atoms with Crippen LogP contribution >= 0.6 is 0 Å². The Morgan fingerprint density at radius 1 is 0.613 bits per heavy atom. The van der Waals surface area contributed by atoms with Crippen LogP contribution in [0.1, 0.15) is 39.6 Å². The number of likely N-dealkylation sites (N-methyl/N-ethyl adjacent to an activating group) is 1. The highest BCUT2D eigenvalue weighted by Crippen LogP contribution is 2.48. The number of benzene rings is 6. The van der Waals surface area contributed by atoms with Crippen molar-refractivity contribution in [2.24, 2.45) is 0 Å². The molecule has 0 spiro atoms. The predicted molar refractivity (Wildman–Crippen MR) is 239 cm³/mol. The van der Waals surface area contributed by atoms with Crippen LogP contribution in [0.25, 0.3) is 11.2 Å². The molecule has 0 amide bonds. The van der Waals surface area contributed by atoms with E-state index in [1.165, 1.54) is 6.33 Å². The number of nitrogens with one attached hydrogen (secondary N) is 2. The maximum Gasteiger partial charge on any atom is 0.167 e. The molecule has 62 heavy (non-hydrogen) atoms. The van der Waals surface area contributed by atoms with E-state index in [0.29, 0.717) is 22.7 Å². The molecule has 0 radical (unpaired) electrons. The monoisotopic (exact) mass is 824 g/mol. The van der Waals surface area contributed by atoms with E-state index in [0.717, 1.165) is 39.1 Å². The van der Waals surface area contributed by atoms with Crippen LogP contribution in [-0.4, -0.2) is 75.4 Å². The topological polar surface area (TPSA) is 136 Å². The zero-order valence-electron chi connectivity index (χ0n) is 34.6. The van der Waals surface area contributed by atoms with Gasteiger partial charge in [0.2, 0.25) is 0 Å². The number of anilines is 1. The number of hydrogen-bond donors (Lipinski definition) is 4. The third-order valence-electron chi connectivity index (χ3n) is 12.3. The van der Waals surface area contributed by atoms with E-state index < -0.39 is 41.5 Å². The van der Waals surface area contributed by atoms with Gasteiger partial charge in [0.15, 0.2) is 23.2 Å². The Labute approximate surface area is 360 Å². The van der Waals surface area contributed by atoms with Gasteiger partial charge in [-0.15, -0.1) is 0 Å². The standard InChI is InChI=1S/C51H48N6O5/c1-52-42-44(58)45(46(59)50(34-16-8-4-9-17-34,35-18-10-5-11-19-35)36-24-28-40(60-2)29-25-36)62-49(42)57-33-55-43-47(53-32-54-48(43)57)56-51(37-20-12-6-13-21-37,38-22-14-7-15-23-38)39-26-30-41(61-3)31-27-39/h4-33,42,44-46,49,52,58-59H,1-3H3,(H,53,54,56)/t42?,44-,45-,46?,49+/m0/s1. The van der Waals surface area contributed by atoms with Gasteiger partial charge in [-0.1, -0.05) is 146 Å². The molecule has 11 nitrogen and oxygen atoms in total. The molecule has 1 fully saturated rings. The van der Waals surface area contributed by atoms with Gasteiger partial charge >= 0.3 is 0 Å². The van der Waals surface area contributed by atoms with E-state index in [1.54, 1.807) is 32.2 Å². The molecule has 0 saturated carbocycles. The van der Waals surface area contributed by atoms with Crippen molar-refractivity contribution in [1.82, 2.24) is 24.8 Å².